The highest BCUT2D eigenvalue weighted by molar-refractivity contribution is 14.1. The van der Waals surface area contributed by atoms with Crippen molar-refractivity contribution in [1.82, 2.24) is 10.6 Å². The molecule has 0 aromatic heterocycles. The van der Waals surface area contributed by atoms with Crippen LogP contribution in [-0.4, -0.2) is 33.8 Å². The summed E-state index contributed by atoms with van der Waals surface area (Å²) in [6.07, 6.45) is 1.89. The minimum atomic E-state index is -0.128. The third-order valence-corrected chi connectivity index (χ3v) is 4.10. The molecule has 1 aromatic rings. The van der Waals surface area contributed by atoms with Gasteiger partial charge in [-0.05, 0) is 31.0 Å². The maximum atomic E-state index is 11.9. The van der Waals surface area contributed by atoms with Crippen molar-refractivity contribution in [1.29, 1.82) is 0 Å². The molecular weight excluding hydrogens is 482 g/mol. The number of halogens is 2. The highest BCUT2D eigenvalue weighted by Gasteiger charge is 2.09. The first-order valence-corrected chi connectivity index (χ1v) is 9.52. The molecule has 0 aliphatic carbocycles. The van der Waals surface area contributed by atoms with Crippen molar-refractivity contribution in [2.45, 2.75) is 12.8 Å². The van der Waals surface area contributed by atoms with Crippen LogP contribution in [-0.2, 0) is 0 Å². The van der Waals surface area contributed by atoms with Gasteiger partial charge in [0.25, 0.3) is 11.8 Å². The zero-order valence-corrected chi connectivity index (χ0v) is 15.4. The third kappa shape index (κ3) is 6.38. The molecule has 2 amide bonds. The molecule has 0 radical (unpaired) electrons. The molecular formula is C14H18I2N2O2. The molecule has 0 aliphatic heterocycles. The summed E-state index contributed by atoms with van der Waals surface area (Å²) in [6.45, 7) is 1.32. The van der Waals surface area contributed by atoms with Crippen LogP contribution in [0.25, 0.3) is 0 Å². The van der Waals surface area contributed by atoms with Crippen molar-refractivity contribution >= 4 is 57.0 Å². The van der Waals surface area contributed by atoms with Crippen molar-refractivity contribution in [2.24, 2.45) is 0 Å². The first-order valence-electron chi connectivity index (χ1n) is 6.47. The molecule has 1 rings (SSSR count). The van der Waals surface area contributed by atoms with Crippen LogP contribution in [0.5, 0.6) is 0 Å². The van der Waals surface area contributed by atoms with Crippen LogP contribution in [0, 0.1) is 0 Å². The average molecular weight is 500 g/mol. The first-order chi connectivity index (χ1) is 9.69. The van der Waals surface area contributed by atoms with E-state index in [1.54, 1.807) is 24.3 Å². The Balaban J connectivity index is 2.60. The summed E-state index contributed by atoms with van der Waals surface area (Å²) < 4.78 is 2.02. The predicted molar refractivity (Wildman–Crippen MR) is 98.1 cm³/mol. The van der Waals surface area contributed by atoms with Crippen molar-refractivity contribution in [3.05, 3.63) is 35.4 Å². The van der Waals surface area contributed by atoms with Crippen molar-refractivity contribution in [2.75, 3.05) is 21.9 Å². The number of nitrogens with one attached hydrogen (secondary N) is 2. The van der Waals surface area contributed by atoms with Gasteiger partial charge < -0.3 is 10.6 Å². The van der Waals surface area contributed by atoms with Gasteiger partial charge in [-0.15, -0.1) is 0 Å². The normalized spacial score (nSPS) is 10.1. The molecule has 1 aromatic carbocycles. The molecule has 0 heterocycles. The Morgan fingerprint density at radius 3 is 1.75 bits per heavy atom. The van der Waals surface area contributed by atoms with Gasteiger partial charge in [0, 0.05) is 33.1 Å². The fraction of sp³-hybridized carbons (Fsp3) is 0.429. The summed E-state index contributed by atoms with van der Waals surface area (Å²) in [4.78, 5) is 23.8. The van der Waals surface area contributed by atoms with Crippen LogP contribution in [0.15, 0.2) is 24.3 Å². The minimum Gasteiger partial charge on any atom is -0.352 e. The molecule has 0 unspecified atom stereocenters. The Morgan fingerprint density at radius 2 is 1.35 bits per heavy atom. The van der Waals surface area contributed by atoms with E-state index in [0.29, 0.717) is 24.2 Å². The predicted octanol–water partition coefficient (Wildman–Crippen LogP) is 2.80. The Bertz CT molecular complexity index is 415. The molecule has 2 N–H and O–H groups in total. The number of hydrogen-bond donors (Lipinski definition) is 2. The molecule has 6 heteroatoms. The highest BCUT2D eigenvalue weighted by Crippen LogP contribution is 2.05. The summed E-state index contributed by atoms with van der Waals surface area (Å²) in [5, 5.41) is 5.68. The smallest absolute Gasteiger partial charge is 0.251 e. The van der Waals surface area contributed by atoms with E-state index < -0.39 is 0 Å². The van der Waals surface area contributed by atoms with Gasteiger partial charge in [0.1, 0.15) is 0 Å². The summed E-state index contributed by atoms with van der Waals surface area (Å²) in [5.41, 5.74) is 1.06. The maximum Gasteiger partial charge on any atom is 0.251 e. The van der Waals surface area contributed by atoms with Crippen molar-refractivity contribution < 1.29 is 9.59 Å². The Kier molecular flexibility index (Phi) is 9.16. The Hall–Kier alpha value is -0.380. The van der Waals surface area contributed by atoms with Crippen LogP contribution in [0.3, 0.4) is 0 Å². The summed E-state index contributed by atoms with van der Waals surface area (Å²) in [6, 6.07) is 6.82. The molecule has 4 nitrogen and oxygen atoms in total. The molecule has 0 atom stereocenters. The van der Waals surface area contributed by atoms with E-state index in [-0.39, 0.29) is 11.8 Å². The van der Waals surface area contributed by atoms with Gasteiger partial charge >= 0.3 is 0 Å². The number of benzene rings is 1. The molecule has 0 fully saturated rings. The number of amides is 2. The van der Waals surface area contributed by atoms with Gasteiger partial charge in [0.15, 0.2) is 0 Å². The second-order valence-electron chi connectivity index (χ2n) is 4.18. The van der Waals surface area contributed by atoms with E-state index in [9.17, 15) is 9.59 Å². The third-order valence-electron chi connectivity index (χ3n) is 2.58. The van der Waals surface area contributed by atoms with Gasteiger partial charge in [-0.2, -0.15) is 0 Å². The maximum absolute atomic E-state index is 11.9. The monoisotopic (exact) mass is 500 g/mol. The van der Waals surface area contributed by atoms with Crippen LogP contribution in [0.1, 0.15) is 33.6 Å². The van der Waals surface area contributed by atoms with E-state index in [1.807, 2.05) is 0 Å². The Morgan fingerprint density at radius 1 is 0.900 bits per heavy atom. The van der Waals surface area contributed by atoms with E-state index in [1.165, 1.54) is 0 Å². The molecule has 110 valence electrons. The summed E-state index contributed by atoms with van der Waals surface area (Å²) in [7, 11) is 0. The molecule has 20 heavy (non-hydrogen) atoms. The topological polar surface area (TPSA) is 58.2 Å². The van der Waals surface area contributed by atoms with Gasteiger partial charge in [-0.1, -0.05) is 51.2 Å². The molecule has 0 bridgehead atoms. The number of hydrogen-bond acceptors (Lipinski definition) is 2. The van der Waals surface area contributed by atoms with E-state index >= 15 is 0 Å². The fourth-order valence-electron chi connectivity index (χ4n) is 1.54. The molecule has 0 aliphatic rings. The van der Waals surface area contributed by atoms with E-state index in [0.717, 1.165) is 21.7 Å². The lowest BCUT2D eigenvalue weighted by Crippen LogP contribution is -2.27. The number of rotatable bonds is 8. The number of carbonyl (C=O) groups is 2. The van der Waals surface area contributed by atoms with Gasteiger partial charge in [-0.3, -0.25) is 9.59 Å². The SMILES string of the molecule is O=C(NCCCI)c1cccc(C(=O)NCCCI)c1. The average Bonchev–Trinajstić information content (AvgIpc) is 2.47. The Labute approximate surface area is 146 Å². The zero-order chi connectivity index (χ0) is 14.8. The van der Waals surface area contributed by atoms with E-state index in [4.69, 9.17) is 0 Å². The quantitative estimate of drug-likeness (QED) is 0.328. The number of carbonyl (C=O) groups excluding carboxylic acids is 2. The highest BCUT2D eigenvalue weighted by atomic mass is 127. The van der Waals surface area contributed by atoms with Gasteiger partial charge in [0.2, 0.25) is 0 Å². The van der Waals surface area contributed by atoms with Crippen LogP contribution < -0.4 is 10.6 Å². The lowest BCUT2D eigenvalue weighted by molar-refractivity contribution is 0.0953. The number of alkyl halides is 2. The van der Waals surface area contributed by atoms with Crippen molar-refractivity contribution in [3.63, 3.8) is 0 Å². The second kappa shape index (κ2) is 10.4. The summed E-state index contributed by atoms with van der Waals surface area (Å²) >= 11 is 4.55. The van der Waals surface area contributed by atoms with Crippen LogP contribution in [0.4, 0.5) is 0 Å². The molecule has 0 saturated heterocycles. The van der Waals surface area contributed by atoms with Crippen molar-refractivity contribution in [3.8, 4) is 0 Å². The van der Waals surface area contributed by atoms with Crippen LogP contribution >= 0.6 is 45.2 Å². The lowest BCUT2D eigenvalue weighted by Gasteiger charge is -2.07. The zero-order valence-electron chi connectivity index (χ0n) is 11.1. The molecule has 0 spiro atoms. The first kappa shape index (κ1) is 17.7. The second-order valence-corrected chi connectivity index (χ2v) is 6.34. The van der Waals surface area contributed by atoms with Gasteiger partial charge in [0.05, 0.1) is 0 Å². The lowest BCUT2D eigenvalue weighted by atomic mass is 10.1. The van der Waals surface area contributed by atoms with E-state index in [2.05, 4.69) is 55.8 Å². The van der Waals surface area contributed by atoms with Gasteiger partial charge in [-0.25, -0.2) is 0 Å². The minimum absolute atomic E-state index is 0.128. The van der Waals surface area contributed by atoms with Crippen LogP contribution in [0.2, 0.25) is 0 Å². The molecule has 0 saturated carbocycles. The fourth-order valence-corrected chi connectivity index (χ4v) is 2.31. The summed E-state index contributed by atoms with van der Waals surface area (Å²) in [5.74, 6) is -0.256. The largest absolute Gasteiger partial charge is 0.352 e. The standard InChI is InChI=1S/C14H18I2N2O2/c15-6-2-8-17-13(19)11-4-1-5-12(10-11)14(20)18-9-3-7-16/h1,4-5,10H,2-3,6-9H2,(H,17,19)(H,18,20).